The highest BCUT2D eigenvalue weighted by atomic mass is 35.5. The number of amides is 1. The van der Waals surface area contributed by atoms with Crippen LogP contribution in [0.3, 0.4) is 0 Å². The van der Waals surface area contributed by atoms with Crippen LogP contribution >= 0.6 is 12.4 Å². The summed E-state index contributed by atoms with van der Waals surface area (Å²) < 4.78 is 26.4. The number of hydrogen-bond donors (Lipinski definition) is 2. The zero-order valence-corrected chi connectivity index (χ0v) is 13.8. The Labute approximate surface area is 136 Å². The first-order valence-electron chi connectivity index (χ1n) is 6.93. The van der Waals surface area contributed by atoms with E-state index in [0.717, 1.165) is 0 Å². The molecule has 0 spiro atoms. The summed E-state index contributed by atoms with van der Waals surface area (Å²) in [6, 6.07) is 3.10. The number of nitrogens with two attached hydrogens (primary N) is 1. The summed E-state index contributed by atoms with van der Waals surface area (Å²) in [5, 5.41) is 2.72. The van der Waals surface area contributed by atoms with E-state index in [4.69, 9.17) is 5.73 Å². The van der Waals surface area contributed by atoms with Crippen molar-refractivity contribution >= 4 is 28.3 Å². The van der Waals surface area contributed by atoms with Crippen LogP contribution in [-0.2, 0) is 14.8 Å². The number of carbonyl (C=O) groups is 1. The lowest BCUT2D eigenvalue weighted by molar-refractivity contribution is -0.126. The lowest BCUT2D eigenvalue weighted by Gasteiger charge is -2.31. The minimum absolute atomic E-state index is 0. The van der Waals surface area contributed by atoms with Gasteiger partial charge in [-0.1, -0.05) is 0 Å². The van der Waals surface area contributed by atoms with E-state index in [2.05, 4.69) is 10.3 Å². The summed E-state index contributed by atoms with van der Waals surface area (Å²) in [6.45, 7) is 1.41. The number of carbonyl (C=O) groups excluding carboxylic acids is 1. The summed E-state index contributed by atoms with van der Waals surface area (Å²) in [6.07, 6.45) is 4.21. The minimum atomic E-state index is -3.58. The van der Waals surface area contributed by atoms with Crippen LogP contribution < -0.4 is 11.1 Å². The first-order chi connectivity index (χ1) is 10.1. The van der Waals surface area contributed by atoms with E-state index in [1.165, 1.54) is 22.8 Å². The average Bonchev–Trinajstić information content (AvgIpc) is 2.53. The first-order valence-corrected chi connectivity index (χ1v) is 8.37. The quantitative estimate of drug-likeness (QED) is 0.778. The Kier molecular flexibility index (Phi) is 7.21. The third-order valence-corrected chi connectivity index (χ3v) is 5.32. The molecule has 2 rings (SSSR count). The fraction of sp³-hybridized carbons (Fsp3) is 0.538. The van der Waals surface area contributed by atoms with E-state index < -0.39 is 10.0 Å². The molecule has 124 valence electrons. The number of sulfonamides is 1. The summed E-state index contributed by atoms with van der Waals surface area (Å²) in [7, 11) is -3.58. The predicted octanol–water partition coefficient (Wildman–Crippen LogP) is -0.0210. The molecule has 9 heteroatoms. The SMILES string of the molecule is Cl.NCCNC(=O)C1CCCN(S(=O)(=O)c2cccnc2)C1. The van der Waals surface area contributed by atoms with Crippen molar-refractivity contribution in [3.8, 4) is 0 Å². The van der Waals surface area contributed by atoms with E-state index in [1.807, 2.05) is 0 Å². The maximum atomic E-state index is 12.5. The molecule has 0 bridgehead atoms. The normalized spacial score (nSPS) is 19.2. The topological polar surface area (TPSA) is 105 Å². The molecule has 22 heavy (non-hydrogen) atoms. The molecule has 1 aromatic heterocycles. The van der Waals surface area contributed by atoms with Crippen LogP contribution in [0.4, 0.5) is 0 Å². The van der Waals surface area contributed by atoms with E-state index in [9.17, 15) is 13.2 Å². The molecule has 0 saturated carbocycles. The molecular weight excluding hydrogens is 328 g/mol. The Morgan fingerprint density at radius 3 is 2.91 bits per heavy atom. The molecule has 0 radical (unpaired) electrons. The fourth-order valence-electron chi connectivity index (χ4n) is 2.36. The van der Waals surface area contributed by atoms with Crippen molar-refractivity contribution in [1.29, 1.82) is 0 Å². The Bertz CT molecular complexity index is 582. The van der Waals surface area contributed by atoms with Crippen LogP contribution in [0.2, 0.25) is 0 Å². The number of piperidine rings is 1. The number of aromatic nitrogens is 1. The molecule has 1 atom stereocenters. The number of rotatable bonds is 5. The molecule has 3 N–H and O–H groups in total. The van der Waals surface area contributed by atoms with Gasteiger partial charge in [-0.2, -0.15) is 4.31 Å². The second-order valence-corrected chi connectivity index (χ2v) is 6.91. The Morgan fingerprint density at radius 1 is 1.50 bits per heavy atom. The van der Waals surface area contributed by atoms with E-state index in [1.54, 1.807) is 6.07 Å². The Balaban J connectivity index is 0.00000242. The number of halogens is 1. The highest BCUT2D eigenvalue weighted by Gasteiger charge is 2.33. The molecule has 1 aromatic rings. The van der Waals surface area contributed by atoms with Crippen molar-refractivity contribution in [2.45, 2.75) is 17.7 Å². The second kappa shape index (κ2) is 8.42. The first kappa shape index (κ1) is 18.8. The molecule has 1 aliphatic rings. The smallest absolute Gasteiger partial charge is 0.244 e. The predicted molar refractivity (Wildman–Crippen MR) is 85.0 cm³/mol. The standard InChI is InChI=1S/C13H20N4O3S.ClH/c14-5-7-16-13(18)11-3-2-8-17(10-11)21(19,20)12-4-1-6-15-9-12;/h1,4,6,9,11H,2-3,5,7-8,10,14H2,(H,16,18);1H. The van der Waals surface area contributed by atoms with Crippen LogP contribution in [0, 0.1) is 5.92 Å². The third-order valence-electron chi connectivity index (χ3n) is 3.47. The number of hydrogen-bond acceptors (Lipinski definition) is 5. The summed E-state index contributed by atoms with van der Waals surface area (Å²) >= 11 is 0. The molecule has 1 aliphatic heterocycles. The van der Waals surface area contributed by atoms with Gasteiger partial charge in [0.05, 0.1) is 5.92 Å². The summed E-state index contributed by atoms with van der Waals surface area (Å²) in [5.41, 5.74) is 5.35. The molecule has 0 aliphatic carbocycles. The van der Waals surface area contributed by atoms with Crippen LogP contribution in [0.1, 0.15) is 12.8 Å². The largest absolute Gasteiger partial charge is 0.355 e. The van der Waals surface area contributed by atoms with Crippen molar-refractivity contribution < 1.29 is 13.2 Å². The fourth-order valence-corrected chi connectivity index (χ4v) is 3.85. The average molecular weight is 349 g/mol. The van der Waals surface area contributed by atoms with E-state index in [-0.39, 0.29) is 35.7 Å². The van der Waals surface area contributed by atoms with Crippen molar-refractivity contribution in [2.75, 3.05) is 26.2 Å². The Hall–Kier alpha value is -1.22. The molecule has 1 fully saturated rings. The van der Waals surface area contributed by atoms with Crippen LogP contribution in [0.5, 0.6) is 0 Å². The number of nitrogens with one attached hydrogen (secondary N) is 1. The van der Waals surface area contributed by atoms with Crippen LogP contribution in [-0.4, -0.2) is 49.8 Å². The maximum Gasteiger partial charge on any atom is 0.244 e. The molecular formula is C13H21ClN4O3S. The van der Waals surface area contributed by atoms with Crippen LogP contribution in [0.15, 0.2) is 29.4 Å². The maximum absolute atomic E-state index is 12.5. The van der Waals surface area contributed by atoms with Gasteiger partial charge in [0.2, 0.25) is 15.9 Å². The van der Waals surface area contributed by atoms with Gasteiger partial charge >= 0.3 is 0 Å². The van der Waals surface area contributed by atoms with Gasteiger partial charge in [0, 0.05) is 38.6 Å². The van der Waals surface area contributed by atoms with Gasteiger partial charge in [-0.3, -0.25) is 9.78 Å². The molecule has 1 saturated heterocycles. The number of nitrogens with zero attached hydrogens (tertiary/aromatic N) is 2. The molecule has 0 aromatic carbocycles. The molecule has 1 unspecified atom stereocenters. The highest BCUT2D eigenvalue weighted by molar-refractivity contribution is 7.89. The van der Waals surface area contributed by atoms with E-state index >= 15 is 0 Å². The van der Waals surface area contributed by atoms with Crippen LogP contribution in [0.25, 0.3) is 0 Å². The van der Waals surface area contributed by atoms with Gasteiger partial charge in [-0.05, 0) is 25.0 Å². The molecule has 7 nitrogen and oxygen atoms in total. The van der Waals surface area contributed by atoms with Gasteiger partial charge in [0.25, 0.3) is 0 Å². The zero-order chi connectivity index (χ0) is 15.3. The minimum Gasteiger partial charge on any atom is -0.355 e. The lowest BCUT2D eigenvalue weighted by atomic mass is 9.99. The second-order valence-electron chi connectivity index (χ2n) is 4.97. The monoisotopic (exact) mass is 348 g/mol. The van der Waals surface area contributed by atoms with E-state index in [0.29, 0.717) is 32.5 Å². The molecule has 1 amide bonds. The van der Waals surface area contributed by atoms with Gasteiger partial charge in [-0.15, -0.1) is 12.4 Å². The summed E-state index contributed by atoms with van der Waals surface area (Å²) in [5.74, 6) is -0.455. The summed E-state index contributed by atoms with van der Waals surface area (Å²) in [4.78, 5) is 16.0. The highest BCUT2D eigenvalue weighted by Crippen LogP contribution is 2.23. The van der Waals surface area contributed by atoms with Gasteiger partial charge < -0.3 is 11.1 Å². The Morgan fingerprint density at radius 2 is 2.27 bits per heavy atom. The van der Waals surface area contributed by atoms with Gasteiger partial charge in [-0.25, -0.2) is 8.42 Å². The van der Waals surface area contributed by atoms with Crippen molar-refractivity contribution in [1.82, 2.24) is 14.6 Å². The third kappa shape index (κ3) is 4.39. The lowest BCUT2D eigenvalue weighted by Crippen LogP contribution is -2.46. The van der Waals surface area contributed by atoms with Crippen molar-refractivity contribution in [3.63, 3.8) is 0 Å². The zero-order valence-electron chi connectivity index (χ0n) is 12.1. The van der Waals surface area contributed by atoms with Crippen molar-refractivity contribution in [2.24, 2.45) is 11.7 Å². The van der Waals surface area contributed by atoms with Gasteiger partial charge in [0.1, 0.15) is 4.90 Å². The molecule has 2 heterocycles. The van der Waals surface area contributed by atoms with Crippen molar-refractivity contribution in [3.05, 3.63) is 24.5 Å². The van der Waals surface area contributed by atoms with Gasteiger partial charge in [0.15, 0.2) is 0 Å². The number of pyridine rings is 1.